The fourth-order valence-corrected chi connectivity index (χ4v) is 3.74. The summed E-state index contributed by atoms with van der Waals surface area (Å²) in [7, 11) is 0. The molecular formula is C21H25N5O. The first-order valence-electron chi connectivity index (χ1n) is 9.57. The van der Waals surface area contributed by atoms with E-state index in [-0.39, 0.29) is 5.91 Å². The SMILES string of the molecule is Cc1cc(NCCCN2CCCC2=O)n2nc(C)c(-c3ccccc3)c2n1. The second-order valence-electron chi connectivity index (χ2n) is 7.11. The molecule has 1 aliphatic heterocycles. The lowest BCUT2D eigenvalue weighted by molar-refractivity contribution is -0.127. The van der Waals surface area contributed by atoms with Gasteiger partial charge in [0, 0.05) is 43.4 Å². The lowest BCUT2D eigenvalue weighted by atomic mass is 10.1. The van der Waals surface area contributed by atoms with Crippen molar-refractivity contribution in [3.05, 3.63) is 47.8 Å². The van der Waals surface area contributed by atoms with Gasteiger partial charge in [0.25, 0.3) is 0 Å². The normalized spacial score (nSPS) is 14.3. The van der Waals surface area contributed by atoms with Gasteiger partial charge in [0.15, 0.2) is 5.65 Å². The van der Waals surface area contributed by atoms with Gasteiger partial charge in [-0.25, -0.2) is 4.98 Å². The Balaban J connectivity index is 1.55. The zero-order valence-electron chi connectivity index (χ0n) is 15.9. The van der Waals surface area contributed by atoms with Crippen LogP contribution in [0.15, 0.2) is 36.4 Å². The highest BCUT2D eigenvalue weighted by Gasteiger charge is 2.19. The molecule has 3 heterocycles. The average Bonchev–Trinajstić information content (AvgIpc) is 3.21. The number of benzene rings is 1. The van der Waals surface area contributed by atoms with Gasteiger partial charge in [-0.05, 0) is 32.3 Å². The molecule has 3 aromatic rings. The van der Waals surface area contributed by atoms with Crippen molar-refractivity contribution in [1.29, 1.82) is 0 Å². The van der Waals surface area contributed by atoms with Crippen molar-refractivity contribution in [3.63, 3.8) is 0 Å². The summed E-state index contributed by atoms with van der Waals surface area (Å²) in [5, 5.41) is 8.21. The molecule has 140 valence electrons. The molecule has 1 N–H and O–H groups in total. The molecule has 0 bridgehead atoms. The Labute approximate surface area is 159 Å². The maximum Gasteiger partial charge on any atom is 0.222 e. The summed E-state index contributed by atoms with van der Waals surface area (Å²) in [5.41, 5.74) is 4.99. The number of hydrogen-bond donors (Lipinski definition) is 1. The monoisotopic (exact) mass is 363 g/mol. The minimum atomic E-state index is 0.285. The van der Waals surface area contributed by atoms with Crippen molar-refractivity contribution >= 4 is 17.4 Å². The Hall–Kier alpha value is -2.89. The first-order valence-corrected chi connectivity index (χ1v) is 9.57. The lowest BCUT2D eigenvalue weighted by Crippen LogP contribution is -2.27. The van der Waals surface area contributed by atoms with E-state index >= 15 is 0 Å². The maximum absolute atomic E-state index is 11.7. The van der Waals surface area contributed by atoms with Gasteiger partial charge in [-0.3, -0.25) is 4.79 Å². The van der Waals surface area contributed by atoms with Crippen molar-refractivity contribution in [1.82, 2.24) is 19.5 Å². The fraction of sp³-hybridized carbons (Fsp3) is 0.381. The summed E-state index contributed by atoms with van der Waals surface area (Å²) < 4.78 is 1.89. The molecule has 0 unspecified atom stereocenters. The average molecular weight is 363 g/mol. The molecule has 0 atom stereocenters. The van der Waals surface area contributed by atoms with Gasteiger partial charge < -0.3 is 10.2 Å². The van der Waals surface area contributed by atoms with E-state index in [1.54, 1.807) is 0 Å². The van der Waals surface area contributed by atoms with Crippen LogP contribution in [0.3, 0.4) is 0 Å². The van der Waals surface area contributed by atoms with Crippen LogP contribution >= 0.6 is 0 Å². The molecule has 27 heavy (non-hydrogen) atoms. The summed E-state index contributed by atoms with van der Waals surface area (Å²) in [5.74, 6) is 1.22. The summed E-state index contributed by atoms with van der Waals surface area (Å²) in [6.07, 6.45) is 2.61. The van der Waals surface area contributed by atoms with Crippen molar-refractivity contribution in [2.75, 3.05) is 25.0 Å². The summed E-state index contributed by atoms with van der Waals surface area (Å²) in [6, 6.07) is 12.3. The number of carbonyl (C=O) groups is 1. The molecule has 0 saturated carbocycles. The van der Waals surface area contributed by atoms with E-state index in [1.807, 2.05) is 47.5 Å². The van der Waals surface area contributed by atoms with Gasteiger partial charge in [-0.15, -0.1) is 0 Å². The molecule has 1 saturated heterocycles. The standard InChI is InChI=1S/C21H25N5O/c1-15-14-18(22-11-7-13-25-12-6-10-19(25)27)26-21(23-15)20(16(2)24-26)17-8-4-3-5-9-17/h3-5,8-9,14,22H,6-7,10-13H2,1-2H3. The highest BCUT2D eigenvalue weighted by Crippen LogP contribution is 2.29. The number of nitrogens with zero attached hydrogens (tertiary/aromatic N) is 4. The number of aryl methyl sites for hydroxylation is 2. The number of rotatable bonds is 6. The molecule has 4 rings (SSSR count). The third-order valence-electron chi connectivity index (χ3n) is 5.04. The number of nitrogens with one attached hydrogen (secondary N) is 1. The van der Waals surface area contributed by atoms with Crippen molar-refractivity contribution in [2.45, 2.75) is 33.1 Å². The molecule has 2 aromatic heterocycles. The quantitative estimate of drug-likeness (QED) is 0.682. The van der Waals surface area contributed by atoms with Gasteiger partial charge in [0.2, 0.25) is 5.91 Å². The molecular weight excluding hydrogens is 338 g/mol. The number of likely N-dealkylation sites (tertiary alicyclic amines) is 1. The van der Waals surface area contributed by atoms with Crippen molar-refractivity contribution in [2.24, 2.45) is 0 Å². The second-order valence-corrected chi connectivity index (χ2v) is 7.11. The lowest BCUT2D eigenvalue weighted by Gasteiger charge is -2.16. The topological polar surface area (TPSA) is 62.5 Å². The van der Waals surface area contributed by atoms with Crippen LogP contribution in [0.2, 0.25) is 0 Å². The van der Waals surface area contributed by atoms with Gasteiger partial charge in [-0.2, -0.15) is 9.61 Å². The summed E-state index contributed by atoms with van der Waals surface area (Å²) in [4.78, 5) is 18.4. The van der Waals surface area contributed by atoms with Gasteiger partial charge in [-0.1, -0.05) is 30.3 Å². The van der Waals surface area contributed by atoms with E-state index in [9.17, 15) is 4.79 Å². The molecule has 1 aromatic carbocycles. The predicted octanol–water partition coefficient (Wildman–Crippen LogP) is 3.44. The van der Waals surface area contributed by atoms with Crippen molar-refractivity contribution in [3.8, 4) is 11.1 Å². The minimum absolute atomic E-state index is 0.285. The first-order chi connectivity index (χ1) is 13.1. The highest BCUT2D eigenvalue weighted by molar-refractivity contribution is 5.81. The minimum Gasteiger partial charge on any atom is -0.370 e. The third kappa shape index (κ3) is 3.52. The highest BCUT2D eigenvalue weighted by atomic mass is 16.2. The van der Waals surface area contributed by atoms with Crippen LogP contribution in [0.4, 0.5) is 5.82 Å². The first kappa shape index (κ1) is 17.5. The van der Waals surface area contributed by atoms with E-state index in [0.717, 1.165) is 66.5 Å². The molecule has 0 aliphatic carbocycles. The van der Waals surface area contributed by atoms with E-state index in [0.29, 0.717) is 6.42 Å². The smallest absolute Gasteiger partial charge is 0.222 e. The molecule has 6 nitrogen and oxygen atoms in total. The van der Waals surface area contributed by atoms with Crippen LogP contribution in [-0.2, 0) is 4.79 Å². The van der Waals surface area contributed by atoms with Crippen LogP contribution in [0.1, 0.15) is 30.7 Å². The van der Waals surface area contributed by atoms with Gasteiger partial charge >= 0.3 is 0 Å². The molecule has 6 heteroatoms. The summed E-state index contributed by atoms with van der Waals surface area (Å²) >= 11 is 0. The molecule has 0 spiro atoms. The number of anilines is 1. The van der Waals surface area contributed by atoms with Crippen LogP contribution in [0.5, 0.6) is 0 Å². The number of aromatic nitrogens is 3. The van der Waals surface area contributed by atoms with Gasteiger partial charge in [0.05, 0.1) is 5.69 Å². The Kier molecular flexibility index (Phi) is 4.79. The zero-order chi connectivity index (χ0) is 18.8. The van der Waals surface area contributed by atoms with Crippen LogP contribution in [0, 0.1) is 13.8 Å². The fourth-order valence-electron chi connectivity index (χ4n) is 3.74. The van der Waals surface area contributed by atoms with Crippen molar-refractivity contribution < 1.29 is 4.79 Å². The zero-order valence-corrected chi connectivity index (χ0v) is 15.9. The van der Waals surface area contributed by atoms with Crippen LogP contribution in [-0.4, -0.2) is 45.0 Å². The number of hydrogen-bond acceptors (Lipinski definition) is 4. The maximum atomic E-state index is 11.7. The third-order valence-corrected chi connectivity index (χ3v) is 5.04. The second kappa shape index (κ2) is 7.39. The molecule has 1 fully saturated rings. The van der Waals surface area contributed by atoms with E-state index in [1.165, 1.54) is 0 Å². The molecule has 1 amide bonds. The Morgan fingerprint density at radius 2 is 2.00 bits per heavy atom. The van der Waals surface area contributed by atoms with E-state index in [4.69, 9.17) is 10.1 Å². The van der Waals surface area contributed by atoms with E-state index in [2.05, 4.69) is 17.4 Å². The Morgan fingerprint density at radius 3 is 2.74 bits per heavy atom. The van der Waals surface area contributed by atoms with Crippen LogP contribution < -0.4 is 5.32 Å². The number of carbonyl (C=O) groups excluding carboxylic acids is 1. The summed E-state index contributed by atoms with van der Waals surface area (Å²) in [6.45, 7) is 6.53. The van der Waals surface area contributed by atoms with Gasteiger partial charge in [0.1, 0.15) is 5.82 Å². The molecule has 1 aliphatic rings. The number of fused-ring (bicyclic) bond motifs is 1. The van der Waals surface area contributed by atoms with Crippen LogP contribution in [0.25, 0.3) is 16.8 Å². The molecule has 0 radical (unpaired) electrons. The Morgan fingerprint density at radius 1 is 1.19 bits per heavy atom. The number of amides is 1. The predicted molar refractivity (Wildman–Crippen MR) is 107 cm³/mol. The Bertz CT molecular complexity index is 964. The van der Waals surface area contributed by atoms with E-state index < -0.39 is 0 Å². The largest absolute Gasteiger partial charge is 0.370 e.